The lowest BCUT2D eigenvalue weighted by Gasteiger charge is -2.34. The summed E-state index contributed by atoms with van der Waals surface area (Å²) in [5.41, 5.74) is 3.41. The summed E-state index contributed by atoms with van der Waals surface area (Å²) in [6.45, 7) is 5.59. The van der Waals surface area contributed by atoms with Crippen LogP contribution in [-0.2, 0) is 32.6 Å². The minimum atomic E-state index is -4.19. The van der Waals surface area contributed by atoms with Gasteiger partial charge in [0.05, 0.1) is 10.6 Å². The molecule has 0 fully saturated rings. The number of nitrogens with one attached hydrogen (secondary N) is 1. The molecule has 0 aliphatic carbocycles. The number of halogens is 1. The molecule has 4 aromatic rings. The van der Waals surface area contributed by atoms with E-state index >= 15 is 0 Å². The van der Waals surface area contributed by atoms with Crippen LogP contribution >= 0.6 is 0 Å². The molecule has 236 valence electrons. The van der Waals surface area contributed by atoms with Gasteiger partial charge in [-0.3, -0.25) is 13.9 Å². The summed E-state index contributed by atoms with van der Waals surface area (Å²) < 4.78 is 43.3. The Balaban J connectivity index is 1.81. The van der Waals surface area contributed by atoms with Crippen LogP contribution in [0.2, 0.25) is 0 Å². The normalized spacial score (nSPS) is 11.9. The molecule has 1 N–H and O–H groups in total. The van der Waals surface area contributed by atoms with Crippen LogP contribution in [0.3, 0.4) is 0 Å². The molecule has 7 nitrogen and oxygen atoms in total. The molecule has 0 aliphatic rings. The highest BCUT2D eigenvalue weighted by atomic mass is 32.2. The van der Waals surface area contributed by atoms with Crippen LogP contribution in [0.5, 0.6) is 0 Å². The van der Waals surface area contributed by atoms with E-state index in [1.54, 1.807) is 42.5 Å². The maximum atomic E-state index is 14.5. The Labute approximate surface area is 265 Å². The lowest BCUT2D eigenvalue weighted by atomic mass is 10.0. The topological polar surface area (TPSA) is 86.8 Å². The first kappa shape index (κ1) is 33.4. The van der Waals surface area contributed by atoms with E-state index in [2.05, 4.69) is 5.32 Å². The standard InChI is InChI=1S/C36H40FN3O4S/c1-4-5-23-38-36(42)34(24-29-14-8-6-9-15-29)39(25-30-19-21-31(37)22-20-30)35(41)26-40(33-18-12-13-27(2)28(33)3)45(43,44)32-16-10-7-11-17-32/h6-22,34H,4-5,23-26H2,1-3H3,(H,38,42)/t34-/m1/s1. The van der Waals surface area contributed by atoms with Crippen molar-refractivity contribution in [2.24, 2.45) is 0 Å². The van der Waals surface area contributed by atoms with Gasteiger partial charge < -0.3 is 10.2 Å². The number of hydrogen-bond donors (Lipinski definition) is 1. The van der Waals surface area contributed by atoms with Crippen molar-refractivity contribution in [1.29, 1.82) is 0 Å². The van der Waals surface area contributed by atoms with E-state index in [-0.39, 0.29) is 23.8 Å². The number of anilines is 1. The van der Waals surface area contributed by atoms with Crippen molar-refractivity contribution in [2.75, 3.05) is 17.4 Å². The quantitative estimate of drug-likeness (QED) is 0.169. The van der Waals surface area contributed by atoms with Gasteiger partial charge in [-0.2, -0.15) is 0 Å². The van der Waals surface area contributed by atoms with E-state index < -0.39 is 34.3 Å². The monoisotopic (exact) mass is 629 g/mol. The Hall–Kier alpha value is -4.50. The van der Waals surface area contributed by atoms with Crippen LogP contribution in [0.15, 0.2) is 108 Å². The zero-order chi connectivity index (χ0) is 32.4. The Kier molecular flexibility index (Phi) is 11.5. The Morgan fingerprint density at radius 2 is 1.47 bits per heavy atom. The molecule has 0 saturated heterocycles. The average molecular weight is 630 g/mol. The fraction of sp³-hybridized carbons (Fsp3) is 0.278. The summed E-state index contributed by atoms with van der Waals surface area (Å²) in [6.07, 6.45) is 1.86. The number of amides is 2. The first-order valence-electron chi connectivity index (χ1n) is 15.1. The second-order valence-corrected chi connectivity index (χ2v) is 12.9. The van der Waals surface area contributed by atoms with E-state index in [1.165, 1.54) is 29.2 Å². The van der Waals surface area contributed by atoms with E-state index in [0.717, 1.165) is 28.3 Å². The fourth-order valence-corrected chi connectivity index (χ4v) is 6.58. The minimum Gasteiger partial charge on any atom is -0.354 e. The van der Waals surface area contributed by atoms with Gasteiger partial charge in [-0.25, -0.2) is 12.8 Å². The largest absolute Gasteiger partial charge is 0.354 e. The van der Waals surface area contributed by atoms with Crippen molar-refractivity contribution in [2.45, 2.75) is 57.5 Å². The summed E-state index contributed by atoms with van der Waals surface area (Å²) in [6, 6.07) is 27.4. The number of nitrogens with zero attached hydrogens (tertiary/aromatic N) is 2. The van der Waals surface area contributed by atoms with Crippen molar-refractivity contribution in [3.8, 4) is 0 Å². The molecule has 0 spiro atoms. The third-order valence-corrected chi connectivity index (χ3v) is 9.60. The summed E-state index contributed by atoms with van der Waals surface area (Å²) in [5.74, 6) is -1.33. The fourth-order valence-electron chi connectivity index (χ4n) is 5.09. The lowest BCUT2D eigenvalue weighted by molar-refractivity contribution is -0.140. The Morgan fingerprint density at radius 1 is 0.822 bits per heavy atom. The number of carbonyl (C=O) groups excluding carboxylic acids is 2. The third-order valence-electron chi connectivity index (χ3n) is 7.82. The number of hydrogen-bond acceptors (Lipinski definition) is 4. The van der Waals surface area contributed by atoms with Crippen molar-refractivity contribution >= 4 is 27.5 Å². The van der Waals surface area contributed by atoms with Gasteiger partial charge in [-0.15, -0.1) is 0 Å². The van der Waals surface area contributed by atoms with Gasteiger partial charge in [-0.1, -0.05) is 86.1 Å². The third kappa shape index (κ3) is 8.57. The molecule has 0 aliphatic heterocycles. The van der Waals surface area contributed by atoms with Crippen molar-refractivity contribution in [1.82, 2.24) is 10.2 Å². The number of carbonyl (C=O) groups is 2. The number of rotatable bonds is 14. The van der Waals surface area contributed by atoms with Crippen LogP contribution in [0.4, 0.5) is 10.1 Å². The van der Waals surface area contributed by atoms with Crippen molar-refractivity contribution < 1.29 is 22.4 Å². The highest BCUT2D eigenvalue weighted by Gasteiger charge is 2.35. The number of benzene rings is 4. The van der Waals surface area contributed by atoms with Gasteiger partial charge in [0.25, 0.3) is 10.0 Å². The van der Waals surface area contributed by atoms with Crippen LogP contribution in [0.25, 0.3) is 0 Å². The summed E-state index contributed by atoms with van der Waals surface area (Å²) in [4.78, 5) is 29.8. The molecule has 2 amide bonds. The molecule has 9 heteroatoms. The van der Waals surface area contributed by atoms with E-state index in [4.69, 9.17) is 0 Å². The molecule has 0 aromatic heterocycles. The zero-order valence-electron chi connectivity index (χ0n) is 25.9. The maximum Gasteiger partial charge on any atom is 0.264 e. The molecule has 0 unspecified atom stereocenters. The molecular formula is C36H40FN3O4S. The molecule has 45 heavy (non-hydrogen) atoms. The van der Waals surface area contributed by atoms with Crippen LogP contribution in [0, 0.1) is 19.7 Å². The molecule has 0 bridgehead atoms. The number of aryl methyl sites for hydroxylation is 1. The second kappa shape index (κ2) is 15.5. The van der Waals surface area contributed by atoms with Gasteiger partial charge in [0.2, 0.25) is 11.8 Å². The highest BCUT2D eigenvalue weighted by Crippen LogP contribution is 2.29. The summed E-state index contributed by atoms with van der Waals surface area (Å²) >= 11 is 0. The van der Waals surface area contributed by atoms with Gasteiger partial charge in [0.1, 0.15) is 18.4 Å². The molecule has 0 heterocycles. The minimum absolute atomic E-state index is 0.0240. The predicted octanol–water partition coefficient (Wildman–Crippen LogP) is 6.19. The molecule has 0 saturated carbocycles. The first-order chi connectivity index (χ1) is 21.6. The smallest absolute Gasteiger partial charge is 0.264 e. The van der Waals surface area contributed by atoms with Crippen LogP contribution in [-0.4, -0.2) is 44.3 Å². The molecule has 1 atom stereocenters. The average Bonchev–Trinajstić information content (AvgIpc) is 3.04. The Morgan fingerprint density at radius 3 is 2.11 bits per heavy atom. The van der Waals surface area contributed by atoms with Crippen LogP contribution in [0.1, 0.15) is 42.0 Å². The lowest BCUT2D eigenvalue weighted by Crippen LogP contribution is -2.53. The van der Waals surface area contributed by atoms with Gasteiger partial charge in [0, 0.05) is 19.5 Å². The zero-order valence-corrected chi connectivity index (χ0v) is 26.8. The molecule has 4 rings (SSSR count). The van der Waals surface area contributed by atoms with Crippen LogP contribution < -0.4 is 9.62 Å². The molecule has 4 aromatic carbocycles. The van der Waals surface area contributed by atoms with E-state index in [9.17, 15) is 22.4 Å². The Bertz CT molecular complexity index is 1680. The summed E-state index contributed by atoms with van der Waals surface area (Å²) in [5, 5.41) is 2.97. The van der Waals surface area contributed by atoms with E-state index in [0.29, 0.717) is 23.4 Å². The summed E-state index contributed by atoms with van der Waals surface area (Å²) in [7, 11) is -4.19. The first-order valence-corrected chi connectivity index (χ1v) is 16.6. The van der Waals surface area contributed by atoms with Crippen molar-refractivity contribution in [3.63, 3.8) is 0 Å². The number of unbranched alkanes of at least 4 members (excludes halogenated alkanes) is 1. The molecular weight excluding hydrogens is 589 g/mol. The highest BCUT2D eigenvalue weighted by molar-refractivity contribution is 7.92. The SMILES string of the molecule is CCCCNC(=O)[C@@H](Cc1ccccc1)N(Cc1ccc(F)cc1)C(=O)CN(c1cccc(C)c1C)S(=O)(=O)c1ccccc1. The second-order valence-electron chi connectivity index (χ2n) is 11.0. The number of sulfonamides is 1. The molecule has 0 radical (unpaired) electrons. The van der Waals surface area contributed by atoms with Gasteiger partial charge in [0.15, 0.2) is 0 Å². The predicted molar refractivity (Wildman–Crippen MR) is 176 cm³/mol. The van der Waals surface area contributed by atoms with Gasteiger partial charge >= 0.3 is 0 Å². The maximum absolute atomic E-state index is 14.5. The van der Waals surface area contributed by atoms with Crippen molar-refractivity contribution in [3.05, 3.63) is 131 Å². The van der Waals surface area contributed by atoms with E-state index in [1.807, 2.05) is 57.2 Å². The van der Waals surface area contributed by atoms with Gasteiger partial charge in [-0.05, 0) is 72.9 Å².